The molecule has 0 spiro atoms. The van der Waals surface area contributed by atoms with E-state index < -0.39 is 0 Å². The zero-order valence-electron chi connectivity index (χ0n) is 19.6. The highest BCUT2D eigenvalue weighted by Gasteiger charge is 2.21. The molecular weight excluding hydrogens is 366 g/mol. The fourth-order valence-corrected chi connectivity index (χ4v) is 3.66. The first kappa shape index (κ1) is 22.0. The molecular formula is C27H36N3+. The van der Waals surface area contributed by atoms with E-state index in [1.165, 1.54) is 16.7 Å². The molecule has 30 heavy (non-hydrogen) atoms. The van der Waals surface area contributed by atoms with E-state index in [0.29, 0.717) is 11.8 Å². The predicted octanol–water partition coefficient (Wildman–Crippen LogP) is 6.60. The number of hydrogen-bond acceptors (Lipinski definition) is 1. The second kappa shape index (κ2) is 8.99. The SMILES string of the molecule is CC(C)c1cccc(C(C)C)c1N=C(C[n+]1ccn(C(C)(C)C)c1)c1ccccc1. The average molecular weight is 403 g/mol. The van der Waals surface area contributed by atoms with Gasteiger partial charge in [-0.25, -0.2) is 14.1 Å². The van der Waals surface area contributed by atoms with Gasteiger partial charge in [-0.05, 0) is 43.7 Å². The fourth-order valence-electron chi connectivity index (χ4n) is 3.66. The monoisotopic (exact) mass is 402 g/mol. The smallest absolute Gasteiger partial charge is 0.244 e. The van der Waals surface area contributed by atoms with Crippen molar-refractivity contribution in [3.8, 4) is 0 Å². The van der Waals surface area contributed by atoms with Crippen LogP contribution in [-0.2, 0) is 12.1 Å². The molecule has 0 saturated heterocycles. The molecule has 3 nitrogen and oxygen atoms in total. The number of aromatic nitrogens is 2. The highest BCUT2D eigenvalue weighted by atomic mass is 15.1. The Morgan fingerprint density at radius 3 is 2.00 bits per heavy atom. The Balaban J connectivity index is 2.13. The molecule has 158 valence electrons. The van der Waals surface area contributed by atoms with Crippen molar-refractivity contribution in [2.45, 2.75) is 72.4 Å². The molecule has 0 aliphatic carbocycles. The minimum Gasteiger partial charge on any atom is -0.248 e. The summed E-state index contributed by atoms with van der Waals surface area (Å²) in [6.07, 6.45) is 6.46. The molecule has 3 rings (SSSR count). The summed E-state index contributed by atoms with van der Waals surface area (Å²) in [5.41, 5.74) is 6.07. The largest absolute Gasteiger partial charge is 0.248 e. The standard InChI is InChI=1S/C27H36N3/c1-20(2)23-14-11-15-24(21(3)4)26(23)28-25(22-12-9-8-10-13-22)18-29-16-17-30(19-29)27(5,6)7/h8-17,19-21H,18H2,1-7H3/q+1. The van der Waals surface area contributed by atoms with Crippen molar-refractivity contribution in [3.05, 3.63) is 83.9 Å². The van der Waals surface area contributed by atoms with E-state index in [-0.39, 0.29) is 5.54 Å². The van der Waals surface area contributed by atoms with Gasteiger partial charge in [0, 0.05) is 5.56 Å². The van der Waals surface area contributed by atoms with Crippen LogP contribution in [0, 0.1) is 0 Å². The maximum Gasteiger partial charge on any atom is 0.244 e. The average Bonchev–Trinajstić information content (AvgIpc) is 3.17. The Bertz CT molecular complexity index is 976. The Hall–Kier alpha value is -2.68. The fraction of sp³-hybridized carbons (Fsp3) is 0.407. The van der Waals surface area contributed by atoms with Crippen LogP contribution >= 0.6 is 0 Å². The van der Waals surface area contributed by atoms with Crippen molar-refractivity contribution in [2.75, 3.05) is 0 Å². The van der Waals surface area contributed by atoms with Gasteiger partial charge in [0.2, 0.25) is 6.33 Å². The topological polar surface area (TPSA) is 21.2 Å². The van der Waals surface area contributed by atoms with Crippen molar-refractivity contribution in [3.63, 3.8) is 0 Å². The third-order valence-electron chi connectivity index (χ3n) is 5.49. The van der Waals surface area contributed by atoms with Crippen LogP contribution in [0.5, 0.6) is 0 Å². The molecule has 0 amide bonds. The summed E-state index contributed by atoms with van der Waals surface area (Å²) in [7, 11) is 0. The molecule has 0 N–H and O–H groups in total. The summed E-state index contributed by atoms with van der Waals surface area (Å²) in [5, 5.41) is 0. The lowest BCUT2D eigenvalue weighted by molar-refractivity contribution is -0.681. The normalized spacial score (nSPS) is 12.8. The van der Waals surface area contributed by atoms with Crippen molar-refractivity contribution >= 4 is 11.4 Å². The van der Waals surface area contributed by atoms with Crippen LogP contribution in [0.25, 0.3) is 0 Å². The number of hydrogen-bond donors (Lipinski definition) is 0. The lowest BCUT2D eigenvalue weighted by atomic mass is 9.92. The maximum atomic E-state index is 5.32. The lowest BCUT2D eigenvalue weighted by Gasteiger charge is -2.17. The van der Waals surface area contributed by atoms with E-state index in [4.69, 9.17) is 4.99 Å². The van der Waals surface area contributed by atoms with Crippen LogP contribution in [-0.4, -0.2) is 10.3 Å². The summed E-state index contributed by atoms with van der Waals surface area (Å²) < 4.78 is 4.47. The van der Waals surface area contributed by atoms with Gasteiger partial charge >= 0.3 is 0 Å². The predicted molar refractivity (Wildman–Crippen MR) is 127 cm³/mol. The zero-order valence-corrected chi connectivity index (χ0v) is 19.6. The van der Waals surface area contributed by atoms with Crippen LogP contribution < -0.4 is 4.57 Å². The first-order valence-corrected chi connectivity index (χ1v) is 11.0. The molecule has 0 atom stereocenters. The molecule has 2 aromatic carbocycles. The van der Waals surface area contributed by atoms with Crippen molar-refractivity contribution < 1.29 is 4.57 Å². The highest BCUT2D eigenvalue weighted by molar-refractivity contribution is 6.01. The van der Waals surface area contributed by atoms with Crippen molar-refractivity contribution in [1.82, 2.24) is 4.57 Å². The van der Waals surface area contributed by atoms with Crippen LogP contribution in [0.3, 0.4) is 0 Å². The Kier molecular flexibility index (Phi) is 6.60. The maximum absolute atomic E-state index is 5.32. The lowest BCUT2D eigenvalue weighted by Crippen LogP contribution is -2.37. The van der Waals surface area contributed by atoms with E-state index >= 15 is 0 Å². The second-order valence-corrected chi connectivity index (χ2v) is 9.68. The number of para-hydroxylation sites is 1. The zero-order chi connectivity index (χ0) is 21.9. The van der Waals surface area contributed by atoms with E-state index in [2.05, 4.69) is 125 Å². The molecule has 0 aliphatic rings. The van der Waals surface area contributed by atoms with Crippen molar-refractivity contribution in [2.24, 2.45) is 4.99 Å². The summed E-state index contributed by atoms with van der Waals surface area (Å²) in [6.45, 7) is 16.4. The Morgan fingerprint density at radius 1 is 0.900 bits per heavy atom. The molecule has 0 aliphatic heterocycles. The van der Waals surface area contributed by atoms with Gasteiger partial charge in [-0.2, -0.15) is 0 Å². The van der Waals surface area contributed by atoms with Gasteiger partial charge in [-0.1, -0.05) is 76.2 Å². The first-order valence-electron chi connectivity index (χ1n) is 11.0. The van der Waals surface area contributed by atoms with Crippen LogP contribution in [0.4, 0.5) is 5.69 Å². The quantitative estimate of drug-likeness (QED) is 0.327. The minimum absolute atomic E-state index is 0.0599. The van der Waals surface area contributed by atoms with Gasteiger partial charge in [0.15, 0.2) is 0 Å². The van der Waals surface area contributed by atoms with Crippen molar-refractivity contribution in [1.29, 1.82) is 0 Å². The van der Waals surface area contributed by atoms with E-state index in [0.717, 1.165) is 17.9 Å². The van der Waals surface area contributed by atoms with Gasteiger partial charge in [-0.15, -0.1) is 0 Å². The molecule has 0 unspecified atom stereocenters. The highest BCUT2D eigenvalue weighted by Crippen LogP contribution is 2.35. The Morgan fingerprint density at radius 2 is 1.50 bits per heavy atom. The molecule has 3 heteroatoms. The van der Waals surface area contributed by atoms with Crippen LogP contribution in [0.2, 0.25) is 0 Å². The van der Waals surface area contributed by atoms with Gasteiger partial charge in [-0.3, -0.25) is 0 Å². The molecule has 0 radical (unpaired) electrons. The molecule has 3 aromatic rings. The molecule has 0 saturated carbocycles. The van der Waals surface area contributed by atoms with Gasteiger partial charge in [0.1, 0.15) is 24.5 Å². The van der Waals surface area contributed by atoms with Crippen LogP contribution in [0.1, 0.15) is 77.0 Å². The van der Waals surface area contributed by atoms with Gasteiger partial charge in [0.05, 0.1) is 11.4 Å². The number of nitrogens with zero attached hydrogens (tertiary/aromatic N) is 3. The third kappa shape index (κ3) is 5.08. The molecule has 0 bridgehead atoms. The molecule has 0 fully saturated rings. The molecule has 1 aromatic heterocycles. The number of benzene rings is 2. The van der Waals surface area contributed by atoms with Crippen LogP contribution in [0.15, 0.2) is 72.2 Å². The first-order chi connectivity index (χ1) is 14.2. The number of rotatable bonds is 6. The summed E-state index contributed by atoms with van der Waals surface area (Å²) >= 11 is 0. The summed E-state index contributed by atoms with van der Waals surface area (Å²) in [4.78, 5) is 5.32. The second-order valence-electron chi connectivity index (χ2n) is 9.68. The summed E-state index contributed by atoms with van der Waals surface area (Å²) in [5.74, 6) is 0.850. The number of aliphatic imine (C=N–C) groups is 1. The van der Waals surface area contributed by atoms with Gasteiger partial charge in [0.25, 0.3) is 0 Å². The number of imidazole rings is 1. The minimum atomic E-state index is 0.0599. The Labute approximate surface area is 182 Å². The van der Waals surface area contributed by atoms with E-state index in [1.54, 1.807) is 0 Å². The third-order valence-corrected chi connectivity index (χ3v) is 5.49. The summed E-state index contributed by atoms with van der Waals surface area (Å²) in [6, 6.07) is 17.2. The van der Waals surface area contributed by atoms with Gasteiger partial charge < -0.3 is 0 Å². The van der Waals surface area contributed by atoms with E-state index in [1.807, 2.05) is 0 Å². The van der Waals surface area contributed by atoms with E-state index in [9.17, 15) is 0 Å². The molecule has 1 heterocycles.